The van der Waals surface area contributed by atoms with Crippen LogP contribution in [-0.4, -0.2) is 36.6 Å². The highest BCUT2D eigenvalue weighted by atomic mass is 16.4. The highest BCUT2D eigenvalue weighted by Gasteiger charge is 1.97. The fourth-order valence-electron chi connectivity index (χ4n) is 1.08. The fourth-order valence-corrected chi connectivity index (χ4v) is 1.08. The summed E-state index contributed by atoms with van der Waals surface area (Å²) in [6, 6.07) is 5.20. The normalized spacial score (nSPS) is 9.50. The van der Waals surface area contributed by atoms with Crippen LogP contribution in [0.1, 0.15) is 23.7 Å². The van der Waals surface area contributed by atoms with Crippen molar-refractivity contribution >= 4 is 5.97 Å². The molecule has 1 aromatic carbocycles. The number of hydrogen-bond acceptors (Lipinski definition) is 3. The van der Waals surface area contributed by atoms with Gasteiger partial charge in [0.25, 0.3) is 0 Å². The van der Waals surface area contributed by atoms with E-state index in [1.165, 1.54) is 31.2 Å². The maximum absolute atomic E-state index is 10.5. The van der Waals surface area contributed by atoms with E-state index in [9.17, 15) is 9.90 Å². The first-order valence-corrected chi connectivity index (χ1v) is 5.12. The number of carbonyl (C=O) groups is 1. The topological polar surface area (TPSA) is 63.6 Å². The molecule has 0 aliphatic heterocycles. The van der Waals surface area contributed by atoms with Gasteiger partial charge < -0.3 is 15.1 Å². The highest BCUT2D eigenvalue weighted by molar-refractivity contribution is 5.87. The summed E-state index contributed by atoms with van der Waals surface area (Å²) >= 11 is 0. The molecule has 0 spiro atoms. The Labute approximate surface area is 96.1 Å². The van der Waals surface area contributed by atoms with Gasteiger partial charge in [0.1, 0.15) is 0 Å². The molecule has 1 rings (SSSR count). The monoisotopic (exact) mass is 224 g/mol. The summed E-state index contributed by atoms with van der Waals surface area (Å²) in [5.41, 5.74) is 0.0347. The van der Waals surface area contributed by atoms with Crippen LogP contribution in [-0.2, 0) is 0 Å². The molecule has 0 atom stereocenters. The summed E-state index contributed by atoms with van der Waals surface area (Å²) in [6.45, 7) is 3.39. The number of benzene rings is 1. The first kappa shape index (κ1) is 14.5. The van der Waals surface area contributed by atoms with Crippen molar-refractivity contribution in [3.63, 3.8) is 0 Å². The molecule has 1 aromatic rings. The van der Waals surface area contributed by atoms with Crippen LogP contribution in [0.5, 0.6) is 5.75 Å². The zero-order valence-electron chi connectivity index (χ0n) is 9.93. The summed E-state index contributed by atoms with van der Waals surface area (Å²) < 4.78 is 0. The number of aromatic carboxylic acids is 1. The molecule has 0 aromatic heterocycles. The third kappa shape index (κ3) is 6.84. The van der Waals surface area contributed by atoms with Gasteiger partial charge in [-0.15, -0.1) is 5.75 Å². The van der Waals surface area contributed by atoms with Gasteiger partial charge in [-0.3, -0.25) is 0 Å². The van der Waals surface area contributed by atoms with E-state index in [4.69, 9.17) is 5.11 Å². The minimum Gasteiger partial charge on any atom is -0.872 e. The maximum atomic E-state index is 10.5. The molecule has 90 valence electrons. The summed E-state index contributed by atoms with van der Waals surface area (Å²) in [6.07, 6.45) is 1.26. The number of rotatable bonds is 3. The standard InChI is InChI=1S/C7H6O3.C5H13N/c8-6-3-1-2-5(4-6)7(9)10;1-4-5-6(2)3/h1-4,8H,(H,9,10);4-5H2,1-3H3/p-1. The molecule has 0 unspecified atom stereocenters. The van der Waals surface area contributed by atoms with E-state index >= 15 is 0 Å². The number of carboxylic acids is 1. The summed E-state index contributed by atoms with van der Waals surface area (Å²) in [7, 11) is 4.17. The first-order chi connectivity index (χ1) is 7.47. The smallest absolute Gasteiger partial charge is 0.335 e. The highest BCUT2D eigenvalue weighted by Crippen LogP contribution is 2.06. The van der Waals surface area contributed by atoms with Gasteiger partial charge in [0.05, 0.1) is 5.56 Å². The first-order valence-electron chi connectivity index (χ1n) is 5.12. The maximum Gasteiger partial charge on any atom is 0.335 e. The van der Waals surface area contributed by atoms with E-state index in [-0.39, 0.29) is 11.3 Å². The SMILES string of the molecule is CCCN(C)C.O=C(O)c1cccc([O-])c1. The van der Waals surface area contributed by atoms with Gasteiger partial charge in [-0.1, -0.05) is 25.1 Å². The fraction of sp³-hybridized carbons (Fsp3) is 0.417. The van der Waals surface area contributed by atoms with E-state index in [1.807, 2.05) is 0 Å². The lowest BCUT2D eigenvalue weighted by Crippen LogP contribution is -2.11. The van der Waals surface area contributed by atoms with Gasteiger partial charge in [0.15, 0.2) is 0 Å². The molecule has 0 radical (unpaired) electrons. The number of carboxylic acid groups (broad SMARTS) is 1. The summed E-state index contributed by atoms with van der Waals surface area (Å²) in [5, 5.41) is 18.9. The van der Waals surface area contributed by atoms with E-state index in [1.54, 1.807) is 0 Å². The van der Waals surface area contributed by atoms with Gasteiger partial charge in [-0.2, -0.15) is 0 Å². The van der Waals surface area contributed by atoms with E-state index in [2.05, 4.69) is 25.9 Å². The second-order valence-electron chi connectivity index (χ2n) is 3.64. The molecule has 0 bridgehead atoms. The number of nitrogens with zero attached hydrogens (tertiary/aromatic N) is 1. The Morgan fingerprint density at radius 2 is 2.06 bits per heavy atom. The molecule has 0 saturated carbocycles. The Kier molecular flexibility index (Phi) is 6.96. The van der Waals surface area contributed by atoms with Crippen molar-refractivity contribution in [3.8, 4) is 5.75 Å². The summed E-state index contributed by atoms with van der Waals surface area (Å²) in [5.74, 6) is -1.35. The van der Waals surface area contributed by atoms with Gasteiger partial charge in [0.2, 0.25) is 0 Å². The van der Waals surface area contributed by atoms with E-state index in [0.29, 0.717) is 0 Å². The van der Waals surface area contributed by atoms with Gasteiger partial charge in [-0.05, 0) is 33.1 Å². The Morgan fingerprint density at radius 3 is 2.31 bits per heavy atom. The minimum atomic E-state index is -1.07. The molecule has 0 fully saturated rings. The molecule has 4 heteroatoms. The molecule has 0 heterocycles. The van der Waals surface area contributed by atoms with Crippen LogP contribution in [0.15, 0.2) is 24.3 Å². The second kappa shape index (κ2) is 7.70. The van der Waals surface area contributed by atoms with Crippen molar-refractivity contribution in [1.82, 2.24) is 4.90 Å². The third-order valence-electron chi connectivity index (χ3n) is 1.75. The minimum absolute atomic E-state index is 0.0347. The van der Waals surface area contributed by atoms with Crippen molar-refractivity contribution in [2.45, 2.75) is 13.3 Å². The third-order valence-corrected chi connectivity index (χ3v) is 1.75. The molecular formula is C12H18NO3-. The summed E-state index contributed by atoms with van der Waals surface area (Å²) in [4.78, 5) is 12.4. The molecule has 0 aliphatic rings. The zero-order chi connectivity index (χ0) is 12.6. The Hall–Kier alpha value is -1.55. The van der Waals surface area contributed by atoms with Gasteiger partial charge in [0, 0.05) is 0 Å². The van der Waals surface area contributed by atoms with Crippen LogP contribution in [0.2, 0.25) is 0 Å². The average molecular weight is 224 g/mol. The van der Waals surface area contributed by atoms with Crippen molar-refractivity contribution in [2.24, 2.45) is 0 Å². The lowest BCUT2D eigenvalue weighted by atomic mass is 10.2. The van der Waals surface area contributed by atoms with Crippen LogP contribution in [0.4, 0.5) is 0 Å². The second-order valence-corrected chi connectivity index (χ2v) is 3.64. The molecule has 0 aliphatic carbocycles. The predicted octanol–water partition coefficient (Wildman–Crippen LogP) is 1.42. The largest absolute Gasteiger partial charge is 0.872 e. The van der Waals surface area contributed by atoms with Crippen LogP contribution in [0.3, 0.4) is 0 Å². The van der Waals surface area contributed by atoms with Crippen molar-refractivity contribution in [1.29, 1.82) is 0 Å². The number of hydrogen-bond donors (Lipinski definition) is 1. The zero-order valence-corrected chi connectivity index (χ0v) is 9.93. The predicted molar refractivity (Wildman–Crippen MR) is 61.7 cm³/mol. The van der Waals surface area contributed by atoms with E-state index in [0.717, 1.165) is 6.07 Å². The Balaban J connectivity index is 0.000000325. The van der Waals surface area contributed by atoms with E-state index < -0.39 is 5.97 Å². The average Bonchev–Trinajstić information content (AvgIpc) is 2.18. The van der Waals surface area contributed by atoms with Crippen LogP contribution < -0.4 is 5.11 Å². The molecule has 4 nitrogen and oxygen atoms in total. The van der Waals surface area contributed by atoms with Crippen molar-refractivity contribution in [3.05, 3.63) is 29.8 Å². The lowest BCUT2D eigenvalue weighted by Gasteiger charge is -2.03. The Bertz CT molecular complexity index is 324. The lowest BCUT2D eigenvalue weighted by molar-refractivity contribution is -0.268. The van der Waals surface area contributed by atoms with Gasteiger partial charge in [-0.25, -0.2) is 4.79 Å². The molecular weight excluding hydrogens is 206 g/mol. The molecule has 0 saturated heterocycles. The van der Waals surface area contributed by atoms with Crippen LogP contribution >= 0.6 is 0 Å². The van der Waals surface area contributed by atoms with Crippen LogP contribution in [0, 0.1) is 0 Å². The molecule has 16 heavy (non-hydrogen) atoms. The quantitative estimate of drug-likeness (QED) is 0.843. The molecule has 1 N–H and O–H groups in total. The van der Waals surface area contributed by atoms with Crippen LogP contribution in [0.25, 0.3) is 0 Å². The Morgan fingerprint density at radius 1 is 1.44 bits per heavy atom. The molecule has 0 amide bonds. The van der Waals surface area contributed by atoms with Crippen molar-refractivity contribution in [2.75, 3.05) is 20.6 Å². The van der Waals surface area contributed by atoms with Crippen molar-refractivity contribution < 1.29 is 15.0 Å². The van der Waals surface area contributed by atoms with Gasteiger partial charge >= 0.3 is 5.97 Å².